The first-order valence-corrected chi connectivity index (χ1v) is 20.3. The molecule has 1 N–H and O–H groups in total. The van der Waals surface area contributed by atoms with E-state index >= 15 is 0 Å². The van der Waals surface area contributed by atoms with Gasteiger partial charge in [-0.05, 0) is 73.7 Å². The Morgan fingerprint density at radius 3 is 2.07 bits per heavy atom. The highest BCUT2D eigenvalue weighted by atomic mass is 79.9. The van der Waals surface area contributed by atoms with E-state index in [0.29, 0.717) is 30.5 Å². The van der Waals surface area contributed by atoms with Crippen molar-refractivity contribution in [2.24, 2.45) is 0 Å². The van der Waals surface area contributed by atoms with Crippen molar-refractivity contribution in [1.82, 2.24) is 0 Å². The molecule has 0 bridgehead atoms. The molecule has 2 aliphatic heterocycles. The van der Waals surface area contributed by atoms with Gasteiger partial charge in [-0.15, -0.1) is 12.6 Å². The summed E-state index contributed by atoms with van der Waals surface area (Å²) < 4.78 is 72.7. The molecular formula is C41H45BrN2O10S2. The fraction of sp³-hybridized carbons (Fsp3) is 0.341. The molecule has 298 valence electrons. The van der Waals surface area contributed by atoms with Crippen LogP contribution in [0.1, 0.15) is 65.5 Å². The van der Waals surface area contributed by atoms with Gasteiger partial charge in [-0.1, -0.05) is 62.4 Å². The minimum absolute atomic E-state index is 0. The highest BCUT2D eigenvalue weighted by Gasteiger charge is 2.46. The summed E-state index contributed by atoms with van der Waals surface area (Å²) in [6, 6.07) is 21.1. The molecule has 6 rings (SSSR count). The van der Waals surface area contributed by atoms with Crippen molar-refractivity contribution in [1.29, 1.82) is 0 Å². The van der Waals surface area contributed by atoms with Crippen LogP contribution in [-0.2, 0) is 50.6 Å². The zero-order chi connectivity index (χ0) is 40.3. The molecule has 0 unspecified atom stereocenters. The fourth-order valence-electron chi connectivity index (χ4n) is 7.94. The minimum atomic E-state index is -4.47. The average molecular weight is 870 g/mol. The van der Waals surface area contributed by atoms with E-state index in [-0.39, 0.29) is 53.3 Å². The second-order valence-electron chi connectivity index (χ2n) is 14.1. The SMILES string of the molecule is CCOC(=O)CCN1/C(=C\C=C\C2=[N+](CCC(=O)OCC)c3ccc4c(S(=O)(=O)O)cccc4c3C2(C)C)C(C)(C)c2c1ccc1ccccc21.O=S(=O)=O.[Br-]. The standard InChI is InChI=1S/C41H44N2O7S.BrH.O3S/c1-7-49-36(44)23-25-42-31-21-19-27-13-9-10-14-28(27)38(31)40(3,4)34(42)17-12-18-35-41(5,6)39-30-15-11-16-33(51(46,47)48)29(30)20-22-32(39)43(35)26-24-37(45)50-8-2;;1-4(2)3/h9-22H,7-8,23-26H2,1-6H3;1H;. The van der Waals surface area contributed by atoms with Gasteiger partial charge in [0, 0.05) is 46.4 Å². The first-order valence-electron chi connectivity index (χ1n) is 17.9. The van der Waals surface area contributed by atoms with E-state index in [4.69, 9.17) is 22.1 Å². The van der Waals surface area contributed by atoms with Gasteiger partial charge >= 0.3 is 22.5 Å². The smallest absolute Gasteiger partial charge is 0.425 e. The monoisotopic (exact) mass is 868 g/mol. The van der Waals surface area contributed by atoms with Crippen LogP contribution in [0.4, 0.5) is 11.4 Å². The molecule has 0 radical (unpaired) electrons. The number of benzene rings is 4. The lowest BCUT2D eigenvalue weighted by Crippen LogP contribution is -3.00. The normalized spacial score (nSPS) is 16.0. The van der Waals surface area contributed by atoms with Crippen molar-refractivity contribution in [3.63, 3.8) is 0 Å². The van der Waals surface area contributed by atoms with Crippen LogP contribution in [0.25, 0.3) is 21.5 Å². The number of esters is 2. The van der Waals surface area contributed by atoms with Crippen LogP contribution in [0, 0.1) is 0 Å². The largest absolute Gasteiger partial charge is 1.00 e. The van der Waals surface area contributed by atoms with Crippen molar-refractivity contribution >= 4 is 71.3 Å². The summed E-state index contributed by atoms with van der Waals surface area (Å²) in [7, 11) is -7.58. The number of carbonyl (C=O) groups excluding carboxylic acids is 2. The van der Waals surface area contributed by atoms with Gasteiger partial charge in [0.25, 0.3) is 10.1 Å². The van der Waals surface area contributed by atoms with Gasteiger partial charge in [0.1, 0.15) is 11.3 Å². The van der Waals surface area contributed by atoms with Gasteiger partial charge in [-0.3, -0.25) is 14.1 Å². The summed E-state index contributed by atoms with van der Waals surface area (Å²) in [6.07, 6.45) is 6.56. The van der Waals surface area contributed by atoms with Gasteiger partial charge < -0.3 is 31.4 Å². The number of carbonyl (C=O) groups is 2. The molecule has 0 fully saturated rings. The van der Waals surface area contributed by atoms with Crippen LogP contribution >= 0.6 is 0 Å². The summed E-state index contributed by atoms with van der Waals surface area (Å²) in [6.45, 7) is 13.6. The second-order valence-corrected chi connectivity index (χ2v) is 15.9. The summed E-state index contributed by atoms with van der Waals surface area (Å²) in [4.78, 5) is 27.2. The van der Waals surface area contributed by atoms with Crippen LogP contribution in [0.15, 0.2) is 95.6 Å². The molecule has 2 aliphatic rings. The van der Waals surface area contributed by atoms with E-state index in [1.807, 2.05) is 30.3 Å². The fourth-order valence-corrected chi connectivity index (χ4v) is 8.64. The number of rotatable bonds is 11. The van der Waals surface area contributed by atoms with E-state index in [1.54, 1.807) is 26.0 Å². The molecule has 0 saturated carbocycles. The van der Waals surface area contributed by atoms with E-state index in [2.05, 4.69) is 73.6 Å². The minimum Gasteiger partial charge on any atom is -1.00 e. The van der Waals surface area contributed by atoms with Crippen molar-refractivity contribution in [2.45, 2.75) is 70.1 Å². The maximum absolute atomic E-state index is 12.6. The van der Waals surface area contributed by atoms with E-state index < -0.39 is 31.6 Å². The molecule has 0 spiro atoms. The Labute approximate surface area is 339 Å². The van der Waals surface area contributed by atoms with Crippen molar-refractivity contribution in [2.75, 3.05) is 31.2 Å². The third-order valence-electron chi connectivity index (χ3n) is 10.1. The Morgan fingerprint density at radius 1 is 0.804 bits per heavy atom. The molecule has 0 saturated heterocycles. The van der Waals surface area contributed by atoms with Crippen molar-refractivity contribution in [3.05, 3.63) is 102 Å². The summed E-state index contributed by atoms with van der Waals surface area (Å²) in [5.74, 6) is -0.555. The Hall–Kier alpha value is -4.70. The molecule has 4 aromatic rings. The number of hydrogen-bond donors (Lipinski definition) is 1. The molecule has 0 amide bonds. The molecule has 4 aromatic carbocycles. The van der Waals surface area contributed by atoms with Gasteiger partial charge in [0.2, 0.25) is 5.69 Å². The third-order valence-corrected chi connectivity index (χ3v) is 11.0. The van der Waals surface area contributed by atoms with Gasteiger partial charge in [-0.2, -0.15) is 13.0 Å². The van der Waals surface area contributed by atoms with Crippen LogP contribution in [0.3, 0.4) is 0 Å². The van der Waals surface area contributed by atoms with Gasteiger partial charge in [-0.25, -0.2) is 0 Å². The Morgan fingerprint density at radius 2 is 1.43 bits per heavy atom. The predicted octanol–water partition coefficient (Wildman–Crippen LogP) is 3.76. The lowest BCUT2D eigenvalue weighted by atomic mass is 9.79. The predicted molar refractivity (Wildman–Crippen MR) is 210 cm³/mol. The maximum Gasteiger partial charge on any atom is 0.425 e. The van der Waals surface area contributed by atoms with Crippen LogP contribution in [0.5, 0.6) is 0 Å². The lowest BCUT2D eigenvalue weighted by molar-refractivity contribution is -0.436. The number of nitrogens with zero attached hydrogens (tertiary/aromatic N) is 2. The number of hydrogen-bond acceptors (Lipinski definition) is 10. The maximum atomic E-state index is 12.6. The van der Waals surface area contributed by atoms with Gasteiger partial charge in [0.05, 0.1) is 25.0 Å². The number of fused-ring (bicyclic) bond motifs is 6. The zero-order valence-electron chi connectivity index (χ0n) is 32.0. The molecule has 0 aliphatic carbocycles. The van der Waals surface area contributed by atoms with E-state index in [0.717, 1.165) is 39.1 Å². The molecule has 12 nitrogen and oxygen atoms in total. The number of ether oxygens (including phenoxy) is 2. The summed E-state index contributed by atoms with van der Waals surface area (Å²) in [5, 5.41) is 3.45. The Bertz CT molecular complexity index is 2500. The van der Waals surface area contributed by atoms with Crippen LogP contribution in [-0.4, -0.2) is 74.1 Å². The molecule has 15 heteroatoms. The number of allylic oxidation sites excluding steroid dienone is 4. The van der Waals surface area contributed by atoms with Crippen LogP contribution in [0.2, 0.25) is 0 Å². The molecular weight excluding hydrogens is 824 g/mol. The van der Waals surface area contributed by atoms with Crippen molar-refractivity contribution < 1.29 is 66.2 Å². The average Bonchev–Trinajstić information content (AvgIpc) is 3.47. The molecule has 0 atom stereocenters. The van der Waals surface area contributed by atoms with Crippen molar-refractivity contribution in [3.8, 4) is 0 Å². The lowest BCUT2D eigenvalue weighted by Gasteiger charge is -2.27. The summed E-state index contributed by atoms with van der Waals surface area (Å²) in [5.41, 5.74) is 4.93. The quantitative estimate of drug-likeness (QED) is 0.133. The summed E-state index contributed by atoms with van der Waals surface area (Å²) >= 11 is 0. The Kier molecular flexibility index (Phi) is 13.8. The highest BCUT2D eigenvalue weighted by molar-refractivity contribution is 7.86. The third kappa shape index (κ3) is 8.80. The first kappa shape index (κ1) is 44.0. The Balaban J connectivity index is 0.00000133. The number of anilines is 1. The molecule has 56 heavy (non-hydrogen) atoms. The highest BCUT2D eigenvalue weighted by Crippen LogP contribution is 2.51. The molecule has 2 heterocycles. The van der Waals surface area contributed by atoms with E-state index in [1.165, 1.54) is 11.6 Å². The second kappa shape index (κ2) is 17.6. The molecule has 0 aromatic heterocycles. The van der Waals surface area contributed by atoms with E-state index in [9.17, 15) is 22.6 Å². The van der Waals surface area contributed by atoms with Gasteiger partial charge in [0.15, 0.2) is 12.3 Å². The zero-order valence-corrected chi connectivity index (χ0v) is 35.3. The number of halogens is 1. The first-order chi connectivity index (χ1) is 25.9. The topological polar surface area (TPSA) is 164 Å². The van der Waals surface area contributed by atoms with Crippen LogP contribution < -0.4 is 21.9 Å².